The van der Waals surface area contributed by atoms with Gasteiger partial charge in [-0.1, -0.05) is 11.6 Å². The monoisotopic (exact) mass is 232 g/mol. The minimum Gasteiger partial charge on any atom is -0.397 e. The van der Waals surface area contributed by atoms with Crippen molar-refractivity contribution in [1.82, 2.24) is 0 Å². The lowest BCUT2D eigenvalue weighted by Gasteiger charge is -2.18. The highest BCUT2D eigenvalue weighted by Gasteiger charge is 2.17. The van der Waals surface area contributed by atoms with Gasteiger partial charge in [0.2, 0.25) is 5.91 Å². The van der Waals surface area contributed by atoms with Crippen molar-refractivity contribution in [3.8, 4) is 0 Å². The van der Waals surface area contributed by atoms with Gasteiger partial charge in [0.05, 0.1) is 11.4 Å². The summed E-state index contributed by atoms with van der Waals surface area (Å²) < 4.78 is 0. The molecule has 1 aromatic carbocycles. The predicted molar refractivity (Wildman–Crippen MR) is 60.1 cm³/mol. The number of benzene rings is 1. The van der Waals surface area contributed by atoms with Crippen LogP contribution in [0, 0.1) is 0 Å². The molecule has 0 unspecified atom stereocenters. The molecule has 1 aliphatic heterocycles. The zero-order chi connectivity index (χ0) is 9.42. The summed E-state index contributed by atoms with van der Waals surface area (Å²) >= 11 is 5.83. The molecule has 14 heavy (non-hydrogen) atoms. The Bertz CT molecular complexity index is 379. The number of anilines is 2. The summed E-state index contributed by atoms with van der Waals surface area (Å²) in [4.78, 5) is 11.1. The first-order chi connectivity index (χ1) is 6.16. The van der Waals surface area contributed by atoms with Gasteiger partial charge in [-0.3, -0.25) is 4.79 Å². The molecular weight excluding hydrogens is 223 g/mol. The highest BCUT2D eigenvalue weighted by atomic mass is 35.5. The minimum atomic E-state index is 0. The predicted octanol–water partition coefficient (Wildman–Crippen LogP) is 2.23. The van der Waals surface area contributed by atoms with E-state index in [2.05, 4.69) is 5.32 Å². The van der Waals surface area contributed by atoms with E-state index in [1.165, 1.54) is 0 Å². The van der Waals surface area contributed by atoms with Crippen LogP contribution in [-0.2, 0) is 11.2 Å². The van der Waals surface area contributed by atoms with E-state index >= 15 is 0 Å². The largest absolute Gasteiger partial charge is 0.397 e. The van der Waals surface area contributed by atoms with Crippen LogP contribution < -0.4 is 11.1 Å². The number of nitrogens with two attached hydrogens (primary N) is 1. The molecule has 0 saturated heterocycles. The summed E-state index contributed by atoms with van der Waals surface area (Å²) in [7, 11) is 0. The van der Waals surface area contributed by atoms with Crippen LogP contribution in [0.15, 0.2) is 12.1 Å². The molecule has 76 valence electrons. The summed E-state index contributed by atoms with van der Waals surface area (Å²) in [5.41, 5.74) is 7.98. The fourth-order valence-electron chi connectivity index (χ4n) is 1.49. The second-order valence-electron chi connectivity index (χ2n) is 3.08. The van der Waals surface area contributed by atoms with Gasteiger partial charge in [-0.05, 0) is 24.1 Å². The van der Waals surface area contributed by atoms with Crippen molar-refractivity contribution in [3.63, 3.8) is 0 Å². The maximum atomic E-state index is 11.1. The Hall–Kier alpha value is -0.930. The van der Waals surface area contributed by atoms with Gasteiger partial charge in [0, 0.05) is 11.4 Å². The highest BCUT2D eigenvalue weighted by molar-refractivity contribution is 6.31. The molecule has 1 amide bonds. The first-order valence-electron chi connectivity index (χ1n) is 4.04. The van der Waals surface area contributed by atoms with E-state index in [1.807, 2.05) is 6.07 Å². The maximum Gasteiger partial charge on any atom is 0.224 e. The van der Waals surface area contributed by atoms with Crippen molar-refractivity contribution in [2.24, 2.45) is 0 Å². The normalized spacial score (nSPS) is 13.9. The van der Waals surface area contributed by atoms with Crippen LogP contribution in [0.2, 0.25) is 5.02 Å². The number of amides is 1. The second-order valence-corrected chi connectivity index (χ2v) is 3.51. The van der Waals surface area contributed by atoms with E-state index in [0.29, 0.717) is 23.6 Å². The topological polar surface area (TPSA) is 55.1 Å². The Balaban J connectivity index is 0.000000980. The number of hydrogen-bond acceptors (Lipinski definition) is 2. The molecule has 2 rings (SSSR count). The molecule has 0 bridgehead atoms. The van der Waals surface area contributed by atoms with E-state index in [0.717, 1.165) is 11.3 Å². The molecule has 0 atom stereocenters. The number of fused-ring (bicyclic) bond motifs is 1. The van der Waals surface area contributed by atoms with Crippen molar-refractivity contribution < 1.29 is 4.79 Å². The van der Waals surface area contributed by atoms with E-state index in [-0.39, 0.29) is 18.3 Å². The second kappa shape index (κ2) is 4.07. The number of rotatable bonds is 0. The van der Waals surface area contributed by atoms with E-state index in [1.54, 1.807) is 6.07 Å². The number of aryl methyl sites for hydroxylation is 1. The molecule has 0 spiro atoms. The van der Waals surface area contributed by atoms with Gasteiger partial charge >= 0.3 is 0 Å². The fraction of sp³-hybridized carbons (Fsp3) is 0.222. The SMILES string of the molecule is Cl.Nc1cc(Cl)cc2c1NC(=O)CC2. The molecule has 1 aromatic rings. The third kappa shape index (κ3) is 1.94. The van der Waals surface area contributed by atoms with Crippen molar-refractivity contribution in [2.45, 2.75) is 12.8 Å². The molecule has 1 heterocycles. The third-order valence-corrected chi connectivity index (χ3v) is 2.32. The van der Waals surface area contributed by atoms with Gasteiger partial charge in [-0.25, -0.2) is 0 Å². The molecule has 5 heteroatoms. The lowest BCUT2D eigenvalue weighted by molar-refractivity contribution is -0.116. The standard InChI is InChI=1S/C9H9ClN2O.ClH/c10-6-3-5-1-2-8(13)12-9(5)7(11)4-6;/h3-4H,1-2,11H2,(H,12,13);1H. The Labute approximate surface area is 93.0 Å². The summed E-state index contributed by atoms with van der Waals surface area (Å²) in [6.45, 7) is 0. The smallest absolute Gasteiger partial charge is 0.224 e. The molecular formula is C9H10Cl2N2O. The Morgan fingerprint density at radius 3 is 2.79 bits per heavy atom. The first kappa shape index (κ1) is 11.1. The quantitative estimate of drug-likeness (QED) is 0.675. The molecule has 0 radical (unpaired) electrons. The average Bonchev–Trinajstić information content (AvgIpc) is 2.06. The van der Waals surface area contributed by atoms with E-state index in [9.17, 15) is 4.79 Å². The van der Waals surface area contributed by atoms with Gasteiger partial charge in [0.25, 0.3) is 0 Å². The van der Waals surface area contributed by atoms with Crippen LogP contribution in [0.5, 0.6) is 0 Å². The van der Waals surface area contributed by atoms with Crippen LogP contribution in [0.4, 0.5) is 11.4 Å². The third-order valence-electron chi connectivity index (χ3n) is 2.10. The molecule has 3 N–H and O–H groups in total. The molecule has 0 fully saturated rings. The molecule has 0 aliphatic carbocycles. The summed E-state index contributed by atoms with van der Waals surface area (Å²) in [5.74, 6) is 0.0153. The number of carbonyl (C=O) groups is 1. The summed E-state index contributed by atoms with van der Waals surface area (Å²) in [5, 5.41) is 3.35. The minimum absolute atomic E-state index is 0. The summed E-state index contributed by atoms with van der Waals surface area (Å²) in [6.07, 6.45) is 1.22. The van der Waals surface area contributed by atoms with Crippen molar-refractivity contribution in [1.29, 1.82) is 0 Å². The van der Waals surface area contributed by atoms with Gasteiger partial charge < -0.3 is 11.1 Å². The average molecular weight is 233 g/mol. The Kier molecular flexibility index (Phi) is 3.24. The fourth-order valence-corrected chi connectivity index (χ4v) is 1.74. The number of carbonyl (C=O) groups excluding carboxylic acids is 1. The van der Waals surface area contributed by atoms with Crippen molar-refractivity contribution in [2.75, 3.05) is 11.1 Å². The molecule has 1 aliphatic rings. The van der Waals surface area contributed by atoms with Gasteiger partial charge in [0.15, 0.2) is 0 Å². The molecule has 0 aromatic heterocycles. The van der Waals surface area contributed by atoms with Crippen molar-refractivity contribution >= 4 is 41.3 Å². The Morgan fingerprint density at radius 2 is 2.07 bits per heavy atom. The van der Waals surface area contributed by atoms with Crippen LogP contribution in [0.3, 0.4) is 0 Å². The zero-order valence-electron chi connectivity index (χ0n) is 7.34. The number of nitrogens with one attached hydrogen (secondary N) is 1. The van der Waals surface area contributed by atoms with Crippen molar-refractivity contribution in [3.05, 3.63) is 22.7 Å². The van der Waals surface area contributed by atoms with Gasteiger partial charge in [-0.2, -0.15) is 0 Å². The van der Waals surface area contributed by atoms with Crippen LogP contribution in [0.25, 0.3) is 0 Å². The first-order valence-corrected chi connectivity index (χ1v) is 4.42. The maximum absolute atomic E-state index is 11.1. The lowest BCUT2D eigenvalue weighted by Crippen LogP contribution is -2.20. The highest BCUT2D eigenvalue weighted by Crippen LogP contribution is 2.31. The summed E-state index contributed by atoms with van der Waals surface area (Å²) in [6, 6.07) is 3.48. The number of halogens is 2. The lowest BCUT2D eigenvalue weighted by atomic mass is 10.0. The Morgan fingerprint density at radius 1 is 1.36 bits per heavy atom. The van der Waals surface area contributed by atoms with E-state index in [4.69, 9.17) is 17.3 Å². The van der Waals surface area contributed by atoms with Crippen LogP contribution in [-0.4, -0.2) is 5.91 Å². The van der Waals surface area contributed by atoms with Crippen LogP contribution in [0.1, 0.15) is 12.0 Å². The van der Waals surface area contributed by atoms with Crippen LogP contribution >= 0.6 is 24.0 Å². The zero-order valence-corrected chi connectivity index (χ0v) is 8.91. The number of nitrogen functional groups attached to an aromatic ring is 1. The molecule has 3 nitrogen and oxygen atoms in total. The van der Waals surface area contributed by atoms with Gasteiger partial charge in [0.1, 0.15) is 0 Å². The van der Waals surface area contributed by atoms with Gasteiger partial charge in [-0.15, -0.1) is 12.4 Å². The van der Waals surface area contributed by atoms with E-state index < -0.39 is 0 Å². The number of hydrogen-bond donors (Lipinski definition) is 2. The molecule has 0 saturated carbocycles.